The third kappa shape index (κ3) is 3.43. The van der Waals surface area contributed by atoms with Gasteiger partial charge < -0.3 is 15.5 Å². The normalized spacial score (nSPS) is 24.3. The monoisotopic (exact) mass is 332 g/mol. The van der Waals surface area contributed by atoms with Crippen molar-refractivity contribution >= 4 is 17.5 Å². The Morgan fingerprint density at radius 3 is 2.70 bits per heavy atom. The van der Waals surface area contributed by atoms with Crippen LogP contribution in [0.15, 0.2) is 47.1 Å². The number of nitrogens with one attached hydrogen (secondary N) is 1. The molecule has 23 heavy (non-hydrogen) atoms. The van der Waals surface area contributed by atoms with Crippen LogP contribution in [0.4, 0.5) is 0 Å². The first kappa shape index (κ1) is 16.1. The first-order valence-electron chi connectivity index (χ1n) is 7.93. The molecule has 0 bridgehead atoms. The van der Waals surface area contributed by atoms with E-state index < -0.39 is 0 Å². The van der Waals surface area contributed by atoms with Gasteiger partial charge in [0.25, 0.3) is 5.91 Å². The van der Waals surface area contributed by atoms with E-state index in [1.807, 2.05) is 18.2 Å². The van der Waals surface area contributed by atoms with Gasteiger partial charge in [0.05, 0.1) is 6.26 Å². The maximum absolute atomic E-state index is 12.1. The average Bonchev–Trinajstić information content (AvgIpc) is 3.10. The van der Waals surface area contributed by atoms with Gasteiger partial charge in [-0.05, 0) is 55.5 Å². The van der Waals surface area contributed by atoms with Crippen molar-refractivity contribution in [3.8, 4) is 0 Å². The maximum atomic E-state index is 12.1. The van der Waals surface area contributed by atoms with E-state index >= 15 is 0 Å². The van der Waals surface area contributed by atoms with Crippen LogP contribution in [0.2, 0.25) is 5.02 Å². The summed E-state index contributed by atoms with van der Waals surface area (Å²) < 4.78 is 5.13. The van der Waals surface area contributed by atoms with Crippen LogP contribution in [-0.2, 0) is 5.41 Å². The van der Waals surface area contributed by atoms with Crippen molar-refractivity contribution in [1.29, 1.82) is 0 Å². The molecule has 4 nitrogen and oxygen atoms in total. The van der Waals surface area contributed by atoms with E-state index in [4.69, 9.17) is 21.8 Å². The highest BCUT2D eigenvalue weighted by Gasteiger charge is 2.36. The van der Waals surface area contributed by atoms with Crippen molar-refractivity contribution < 1.29 is 9.21 Å². The van der Waals surface area contributed by atoms with Crippen LogP contribution >= 0.6 is 11.6 Å². The Balaban J connectivity index is 1.65. The lowest BCUT2D eigenvalue weighted by atomic mass is 9.68. The van der Waals surface area contributed by atoms with Gasteiger partial charge in [-0.25, -0.2) is 0 Å². The number of rotatable bonds is 4. The molecule has 3 rings (SSSR count). The number of hydrogen-bond donors (Lipinski definition) is 2. The number of carbonyl (C=O) groups excluding carboxylic acids is 1. The van der Waals surface area contributed by atoms with E-state index in [0.717, 1.165) is 30.7 Å². The molecule has 1 aliphatic carbocycles. The highest BCUT2D eigenvalue weighted by molar-refractivity contribution is 6.30. The number of hydrogen-bond acceptors (Lipinski definition) is 3. The standard InChI is InChI=1S/C18H21ClN2O2/c19-14-4-1-3-13(11-14)18(12-20)8-6-15(7-9-18)21-17(22)16-5-2-10-23-16/h1-5,10-11,15H,6-9,12,20H2,(H,21,22). The molecule has 0 aliphatic heterocycles. The highest BCUT2D eigenvalue weighted by Crippen LogP contribution is 2.39. The van der Waals surface area contributed by atoms with Crippen LogP contribution in [0.25, 0.3) is 0 Å². The molecule has 0 radical (unpaired) electrons. The summed E-state index contributed by atoms with van der Waals surface area (Å²) in [4.78, 5) is 12.1. The quantitative estimate of drug-likeness (QED) is 0.900. The van der Waals surface area contributed by atoms with E-state index in [2.05, 4.69) is 11.4 Å². The Kier molecular flexibility index (Phi) is 4.74. The SMILES string of the molecule is NCC1(c2cccc(Cl)c2)CCC(NC(=O)c2ccco2)CC1. The average molecular weight is 333 g/mol. The Morgan fingerprint density at radius 1 is 1.30 bits per heavy atom. The molecule has 0 saturated heterocycles. The van der Waals surface area contributed by atoms with E-state index in [9.17, 15) is 4.79 Å². The zero-order valence-electron chi connectivity index (χ0n) is 12.9. The lowest BCUT2D eigenvalue weighted by Crippen LogP contribution is -2.45. The van der Waals surface area contributed by atoms with E-state index in [1.165, 1.54) is 11.8 Å². The molecule has 1 amide bonds. The highest BCUT2D eigenvalue weighted by atomic mass is 35.5. The lowest BCUT2D eigenvalue weighted by Gasteiger charge is -2.40. The second-order valence-corrected chi connectivity index (χ2v) is 6.66. The second kappa shape index (κ2) is 6.77. The molecular weight excluding hydrogens is 312 g/mol. The number of amides is 1. The summed E-state index contributed by atoms with van der Waals surface area (Å²) in [5.41, 5.74) is 7.25. The maximum Gasteiger partial charge on any atom is 0.287 e. The first-order valence-corrected chi connectivity index (χ1v) is 8.31. The molecule has 122 valence electrons. The summed E-state index contributed by atoms with van der Waals surface area (Å²) in [6, 6.07) is 11.5. The molecule has 0 atom stereocenters. The van der Waals surface area contributed by atoms with Crippen LogP contribution in [0.3, 0.4) is 0 Å². The topological polar surface area (TPSA) is 68.3 Å². The summed E-state index contributed by atoms with van der Waals surface area (Å²) in [6.45, 7) is 0.589. The molecule has 5 heteroatoms. The van der Waals surface area contributed by atoms with Gasteiger partial charge in [-0.3, -0.25) is 4.79 Å². The predicted octanol–water partition coefficient (Wildman–Crippen LogP) is 3.50. The number of benzene rings is 1. The summed E-state index contributed by atoms with van der Waals surface area (Å²) in [6.07, 6.45) is 5.18. The third-order valence-electron chi connectivity index (χ3n) is 4.85. The van der Waals surface area contributed by atoms with Crippen LogP contribution in [0.1, 0.15) is 41.8 Å². The fourth-order valence-corrected chi connectivity index (χ4v) is 3.60. The molecule has 1 aromatic carbocycles. The fraction of sp³-hybridized carbons (Fsp3) is 0.389. The van der Waals surface area contributed by atoms with Gasteiger partial charge in [-0.15, -0.1) is 0 Å². The predicted molar refractivity (Wildman–Crippen MR) is 90.6 cm³/mol. The molecule has 1 heterocycles. The van der Waals surface area contributed by atoms with Gasteiger partial charge >= 0.3 is 0 Å². The fourth-order valence-electron chi connectivity index (χ4n) is 3.41. The van der Waals surface area contributed by atoms with Crippen LogP contribution in [0.5, 0.6) is 0 Å². The Morgan fingerprint density at radius 2 is 2.09 bits per heavy atom. The summed E-state index contributed by atoms with van der Waals surface area (Å²) in [5.74, 6) is 0.207. The number of furan rings is 1. The number of nitrogens with two attached hydrogens (primary N) is 1. The van der Waals surface area contributed by atoms with Gasteiger partial charge in [0.1, 0.15) is 0 Å². The van der Waals surface area contributed by atoms with Crippen molar-refractivity contribution in [2.75, 3.05) is 6.54 Å². The van der Waals surface area contributed by atoms with Crippen molar-refractivity contribution in [3.05, 3.63) is 59.0 Å². The molecule has 3 N–H and O–H groups in total. The third-order valence-corrected chi connectivity index (χ3v) is 5.09. The minimum absolute atomic E-state index is 0.0448. The van der Waals surface area contributed by atoms with Gasteiger partial charge in [0.2, 0.25) is 0 Å². The summed E-state index contributed by atoms with van der Waals surface area (Å²) >= 11 is 6.13. The van der Waals surface area contributed by atoms with Crippen LogP contribution in [-0.4, -0.2) is 18.5 Å². The molecule has 1 saturated carbocycles. The summed E-state index contributed by atoms with van der Waals surface area (Å²) in [7, 11) is 0. The molecule has 0 spiro atoms. The van der Waals surface area contributed by atoms with Crippen LogP contribution in [0, 0.1) is 0 Å². The zero-order chi connectivity index (χ0) is 16.3. The summed E-state index contributed by atoms with van der Waals surface area (Å²) in [5, 5.41) is 3.79. The van der Waals surface area contributed by atoms with Crippen molar-refractivity contribution in [2.45, 2.75) is 37.1 Å². The van der Waals surface area contributed by atoms with Gasteiger partial charge in [-0.1, -0.05) is 23.7 Å². The Hall–Kier alpha value is -1.78. The first-order chi connectivity index (χ1) is 11.1. The van der Waals surface area contributed by atoms with E-state index in [1.54, 1.807) is 12.1 Å². The largest absolute Gasteiger partial charge is 0.459 e. The minimum atomic E-state index is -0.150. The van der Waals surface area contributed by atoms with E-state index in [-0.39, 0.29) is 17.4 Å². The molecule has 2 aromatic rings. The second-order valence-electron chi connectivity index (χ2n) is 6.22. The van der Waals surface area contributed by atoms with Gasteiger partial charge in [0.15, 0.2) is 5.76 Å². The minimum Gasteiger partial charge on any atom is -0.459 e. The Labute approximate surface area is 141 Å². The van der Waals surface area contributed by atoms with E-state index in [0.29, 0.717) is 12.3 Å². The van der Waals surface area contributed by atoms with Crippen molar-refractivity contribution in [2.24, 2.45) is 5.73 Å². The zero-order valence-corrected chi connectivity index (χ0v) is 13.7. The van der Waals surface area contributed by atoms with Crippen molar-refractivity contribution in [1.82, 2.24) is 5.32 Å². The molecule has 1 fully saturated rings. The molecule has 0 unspecified atom stereocenters. The molecular formula is C18H21ClN2O2. The van der Waals surface area contributed by atoms with Gasteiger partial charge in [-0.2, -0.15) is 0 Å². The lowest BCUT2D eigenvalue weighted by molar-refractivity contribution is 0.0890. The Bertz CT molecular complexity index is 661. The van der Waals surface area contributed by atoms with Crippen LogP contribution < -0.4 is 11.1 Å². The molecule has 1 aromatic heterocycles. The smallest absolute Gasteiger partial charge is 0.287 e. The number of halogens is 1. The van der Waals surface area contributed by atoms with Crippen molar-refractivity contribution in [3.63, 3.8) is 0 Å². The van der Waals surface area contributed by atoms with Gasteiger partial charge in [0, 0.05) is 23.0 Å². The number of carbonyl (C=O) groups is 1. The molecule has 1 aliphatic rings.